The number of hydrazone groups is 5. The smallest absolute Gasteiger partial charge is 0.478 e. The third-order valence-corrected chi connectivity index (χ3v) is 26.0. The zero-order valence-electron chi connectivity index (χ0n) is 62.6. The van der Waals surface area contributed by atoms with Crippen LogP contribution in [0, 0.1) is 40.9 Å². The lowest BCUT2D eigenvalue weighted by atomic mass is 9.82. The van der Waals surface area contributed by atoms with Crippen LogP contribution in [-0.2, 0) is 50.7 Å². The van der Waals surface area contributed by atoms with Crippen molar-refractivity contribution in [2.45, 2.75) is 170 Å². The van der Waals surface area contributed by atoms with Crippen LogP contribution in [0.25, 0.3) is 0 Å². The van der Waals surface area contributed by atoms with Crippen molar-refractivity contribution in [2.75, 3.05) is 25.0 Å². The fraction of sp³-hybridized carbons (Fsp3) is 0.412. The van der Waals surface area contributed by atoms with Crippen molar-refractivity contribution in [3.63, 3.8) is 0 Å². The number of para-hydroxylation sites is 5. The lowest BCUT2D eigenvalue weighted by Gasteiger charge is -2.40. The van der Waals surface area contributed by atoms with Gasteiger partial charge in [0.1, 0.15) is 31.1 Å². The molecule has 7 aromatic carbocycles. The Kier molecular flexibility index (Phi) is 26.9. The molecule has 0 aromatic heterocycles. The molecule has 10 aliphatic heterocycles. The molecule has 0 N–H and O–H groups in total. The summed E-state index contributed by atoms with van der Waals surface area (Å²) in [5.74, 6) is 1.80. The minimum absolute atomic E-state index is 0.00594. The predicted molar refractivity (Wildman–Crippen MR) is 426 cm³/mol. The fourth-order valence-corrected chi connectivity index (χ4v) is 21.0. The quantitative estimate of drug-likeness (QED) is 0.0998. The van der Waals surface area contributed by atoms with E-state index in [-0.39, 0.29) is 96.7 Å². The molecular weight excluding hydrogens is 1400 g/mol. The maximum atomic E-state index is 6.08. The van der Waals surface area contributed by atoms with Gasteiger partial charge < -0.3 is 37.9 Å². The summed E-state index contributed by atoms with van der Waals surface area (Å²) in [5.41, 5.74) is 13.9. The van der Waals surface area contributed by atoms with E-state index in [0.29, 0.717) is 5.92 Å². The highest BCUT2D eigenvalue weighted by Gasteiger charge is 2.50. The first kappa shape index (κ1) is 77.3. The van der Waals surface area contributed by atoms with E-state index in [4.69, 9.17) is 58.3 Å². The van der Waals surface area contributed by atoms with Gasteiger partial charge in [0.05, 0.1) is 58.0 Å². The van der Waals surface area contributed by atoms with Crippen molar-refractivity contribution in [1.82, 2.24) is 0 Å². The molecule has 20 nitrogen and oxygen atoms in total. The molecule has 15 unspecified atom stereocenters. The van der Waals surface area contributed by atoms with E-state index in [0.717, 1.165) is 89.1 Å². The first-order valence-corrected chi connectivity index (χ1v) is 43.0. The van der Waals surface area contributed by atoms with Gasteiger partial charge in [0.25, 0.3) is 0 Å². The van der Waals surface area contributed by atoms with Crippen molar-refractivity contribution >= 4 is 136 Å². The highest BCUT2D eigenvalue weighted by molar-refractivity contribution is 6.20. The zero-order chi connectivity index (χ0) is 73.0. The summed E-state index contributed by atoms with van der Waals surface area (Å²) in [6.45, 7) is 23.8. The third-order valence-electron chi connectivity index (χ3n) is 20.7. The van der Waals surface area contributed by atoms with Gasteiger partial charge in [-0.1, -0.05) is 186 Å². The van der Waals surface area contributed by atoms with E-state index >= 15 is 0 Å². The molecule has 0 aliphatic carbocycles. The second kappa shape index (κ2) is 36.6. The second-order valence-electron chi connectivity index (χ2n) is 29.9. The van der Waals surface area contributed by atoms with Crippen LogP contribution in [0.3, 0.4) is 0 Å². The number of rotatable bonds is 13. The van der Waals surface area contributed by atoms with Gasteiger partial charge in [-0.3, -0.25) is 0 Å². The standard InChI is InChI=1S/C19H20N2O2.C18H18N2O2.C16H22N2O2.C15H20N2O2.C12H14N2O2.5Al.5H/c1-14-18(17(22)13-12-15-8-4-2-5-9-15)19(23)21(20-14)16-10-6-3-7-11-16;1-13-17(16(21)12-14-8-4-2-5-9-14)18(22)20(19-13)15-10-6-3-7-11-15;1-11-14(13(19)10-16(2,3)4)15(20)18(17-11)12-8-6-5-7-9-12;1-10(2)9-13(18)14-11(3)16-17(15(14)19)12-7-5-4-6-8-12;1-8-11(9(2)15)12(16)14(13-8)10-6-4-3-5-7-10;;;;;;;;;;/h2-11,17-19H,12-13H2,1H3;2-11,16-18H,12H2,1H3;5-9,13-15H,10H2,1-4H3;4-8,10,13-15H,9H2,1-3H3;3-7,9,11-12H,1-2H3;;;;;;;;;;/q5*-2;5*+2;;;;;. The summed E-state index contributed by atoms with van der Waals surface area (Å²) < 4.78 is 59.7. The van der Waals surface area contributed by atoms with Gasteiger partial charge in [-0.25, -0.2) is 25.0 Å². The van der Waals surface area contributed by atoms with Crippen LogP contribution in [0.4, 0.5) is 28.4 Å². The molecule has 15 atom stereocenters. The highest BCUT2D eigenvalue weighted by Crippen LogP contribution is 2.42. The molecule has 0 radical (unpaired) electrons. The Morgan fingerprint density at radius 1 is 0.333 bits per heavy atom. The van der Waals surface area contributed by atoms with Crippen molar-refractivity contribution in [3.05, 3.63) is 223 Å². The Morgan fingerprint density at radius 2 is 0.610 bits per heavy atom. The lowest BCUT2D eigenvalue weighted by Crippen LogP contribution is -2.49. The Morgan fingerprint density at radius 3 is 0.971 bits per heavy atom. The molecule has 105 heavy (non-hydrogen) atoms. The molecule has 10 heterocycles. The summed E-state index contributed by atoms with van der Waals surface area (Å²) in [6, 6.07) is 72.3. The van der Waals surface area contributed by atoms with Crippen LogP contribution in [0.1, 0.15) is 107 Å². The number of nitrogens with zero attached hydrogens (tertiary/aromatic N) is 10. The number of aryl methyl sites for hydroxylation is 1. The molecule has 17 rings (SSSR count). The van der Waals surface area contributed by atoms with Crippen LogP contribution >= 0.6 is 0 Å². The van der Waals surface area contributed by atoms with Crippen molar-refractivity contribution in [2.24, 2.45) is 66.4 Å². The van der Waals surface area contributed by atoms with E-state index in [1.165, 1.54) is 11.1 Å². The number of benzene rings is 7. The molecule has 0 spiro atoms. The van der Waals surface area contributed by atoms with Gasteiger partial charge in [0.15, 0.2) is 0 Å². The predicted octanol–water partition coefficient (Wildman–Crippen LogP) is 12.9. The number of hydrogen-bond donors (Lipinski definition) is 0. The minimum Gasteiger partial charge on any atom is -0.478 e. The monoisotopic (exact) mass is 1490 g/mol. The van der Waals surface area contributed by atoms with Crippen molar-refractivity contribution in [1.29, 1.82) is 0 Å². The Labute approximate surface area is 654 Å². The van der Waals surface area contributed by atoms with Crippen LogP contribution in [0.2, 0.25) is 0 Å². The van der Waals surface area contributed by atoms with Gasteiger partial charge >= 0.3 is 79.4 Å². The normalized spacial score (nSPS) is 28.1. The first-order chi connectivity index (χ1) is 51.0. The number of hydrogen-bond acceptors (Lipinski definition) is 20. The largest absolute Gasteiger partial charge is 0.651 e. The SMILES string of the molecule is CC1=NN(c2ccccc2)C2[O][AlH][O]C(C)C12.CC1=NN(c2ccccc2)C2[O][AlH][O]C(CC(C)(C)C)C12.CC1=NN(c2ccccc2)C2[O][AlH][O]C(CC(C)C)C12.CC1=NN(c2ccccc2)C2[O][AlH][O]C(CCc3ccccc3)C12.CC1=NN(c2ccccc2)C2[O][AlH][O]C(Cc3ccccc3)C12. The van der Waals surface area contributed by atoms with E-state index < -0.39 is 79.4 Å². The van der Waals surface area contributed by atoms with Gasteiger partial charge in [0, 0.05) is 59.1 Å². The van der Waals surface area contributed by atoms with Crippen LogP contribution in [0.15, 0.2) is 238 Å². The second-order valence-corrected chi connectivity index (χ2v) is 34.4. The average Bonchev–Trinajstić information content (AvgIpc) is 1.66. The van der Waals surface area contributed by atoms with E-state index in [1.54, 1.807) is 0 Å². The maximum Gasteiger partial charge on any atom is 0.651 e. The van der Waals surface area contributed by atoms with Gasteiger partial charge in [0.2, 0.25) is 0 Å². The molecule has 5 fully saturated rings. The molecule has 0 amide bonds. The first-order valence-electron chi connectivity index (χ1n) is 37.3. The summed E-state index contributed by atoms with van der Waals surface area (Å²) in [7, 11) is 0. The van der Waals surface area contributed by atoms with E-state index in [1.807, 2.05) is 122 Å². The van der Waals surface area contributed by atoms with E-state index in [2.05, 4.69) is 197 Å². The van der Waals surface area contributed by atoms with Crippen molar-refractivity contribution < 1.29 is 37.9 Å². The summed E-state index contributed by atoms with van der Waals surface area (Å²) in [5, 5.41) is 33.7. The molecule has 544 valence electrons. The third kappa shape index (κ3) is 19.1. The molecule has 0 saturated carbocycles. The maximum absolute atomic E-state index is 6.08. The van der Waals surface area contributed by atoms with Crippen LogP contribution in [-0.4, -0.2) is 170 Å². The number of anilines is 5. The average molecular weight is 1500 g/mol. The molecule has 7 aromatic rings. The number of fused-ring (bicyclic) bond motifs is 5. The van der Waals surface area contributed by atoms with Crippen molar-refractivity contribution in [3.8, 4) is 0 Å². The Bertz CT molecular complexity index is 4060. The summed E-state index contributed by atoms with van der Waals surface area (Å²) in [6.07, 6.45) is 6.19. The van der Waals surface area contributed by atoms with Gasteiger partial charge in [-0.05, 0) is 157 Å². The molecule has 5 saturated heterocycles. The molecule has 0 bridgehead atoms. The fourth-order valence-electron chi connectivity index (χ4n) is 15.7. The van der Waals surface area contributed by atoms with E-state index in [9.17, 15) is 0 Å². The Balaban J connectivity index is 0.000000117. The summed E-state index contributed by atoms with van der Waals surface area (Å²) >= 11 is -4.65. The Hall–Kier alpha value is -5.85. The van der Waals surface area contributed by atoms with Gasteiger partial charge in [-0.15, -0.1) is 0 Å². The van der Waals surface area contributed by atoms with Gasteiger partial charge in [-0.2, -0.15) is 25.5 Å². The zero-order valence-corrected chi connectivity index (χ0v) is 69.6. The van der Waals surface area contributed by atoms with Crippen LogP contribution < -0.4 is 25.0 Å². The lowest BCUT2D eigenvalue weighted by molar-refractivity contribution is -0.00917. The molecule has 25 heteroatoms. The molecule has 10 aliphatic rings. The van der Waals surface area contributed by atoms with Crippen LogP contribution in [0.5, 0.6) is 0 Å². The molecular formula is C80H99Al5N10O10. The minimum atomic E-state index is -0.979. The topological polar surface area (TPSA) is 170 Å². The highest BCUT2D eigenvalue weighted by atomic mass is 27.2. The summed E-state index contributed by atoms with van der Waals surface area (Å²) in [4.78, 5) is 0.